The van der Waals surface area contributed by atoms with Gasteiger partial charge in [-0.15, -0.1) is 10.2 Å². The van der Waals surface area contributed by atoms with Gasteiger partial charge in [-0.3, -0.25) is 4.79 Å². The van der Waals surface area contributed by atoms with Gasteiger partial charge < -0.3 is 10.4 Å². The summed E-state index contributed by atoms with van der Waals surface area (Å²) >= 11 is 3.14. The van der Waals surface area contributed by atoms with Crippen LogP contribution in [-0.4, -0.2) is 27.8 Å². The van der Waals surface area contributed by atoms with Crippen LogP contribution in [0.3, 0.4) is 0 Å². The molecule has 0 aliphatic rings. The average molecular weight is 246 g/mol. The normalized spacial score (nSPS) is 9.62. The number of carboxylic acid groups (broad SMARTS) is 1. The van der Waals surface area contributed by atoms with Crippen LogP contribution in [0.25, 0.3) is 0 Å². The molecule has 2 N–H and O–H groups in total. The van der Waals surface area contributed by atoms with Crippen molar-refractivity contribution in [3.05, 3.63) is 16.7 Å². The van der Waals surface area contributed by atoms with Gasteiger partial charge in [-0.05, 0) is 28.1 Å². The Morgan fingerprint density at radius 1 is 1.54 bits per heavy atom. The Balaban J connectivity index is 2.37. The molecule has 1 aromatic heterocycles. The summed E-state index contributed by atoms with van der Waals surface area (Å²) < 4.78 is 0.649. The quantitative estimate of drug-likeness (QED) is 0.832. The molecular weight excluding hydrogens is 238 g/mol. The van der Waals surface area contributed by atoms with Crippen molar-refractivity contribution < 1.29 is 9.90 Å². The van der Waals surface area contributed by atoms with Gasteiger partial charge in [-0.1, -0.05) is 0 Å². The second kappa shape index (κ2) is 4.76. The van der Waals surface area contributed by atoms with Crippen LogP contribution in [0.15, 0.2) is 16.7 Å². The predicted octanol–water partition coefficient (Wildman–Crippen LogP) is 1.13. The third-order valence-electron chi connectivity index (χ3n) is 1.28. The Morgan fingerprint density at radius 2 is 2.31 bits per heavy atom. The van der Waals surface area contributed by atoms with Gasteiger partial charge >= 0.3 is 5.97 Å². The van der Waals surface area contributed by atoms with Crippen molar-refractivity contribution in [1.29, 1.82) is 0 Å². The number of aromatic nitrogens is 2. The molecular formula is C7H8BrN3O2. The van der Waals surface area contributed by atoms with Crippen molar-refractivity contribution in [3.8, 4) is 0 Å². The molecule has 0 fully saturated rings. The van der Waals surface area contributed by atoms with E-state index in [0.717, 1.165) is 0 Å². The fourth-order valence-electron chi connectivity index (χ4n) is 0.708. The van der Waals surface area contributed by atoms with E-state index in [-0.39, 0.29) is 6.42 Å². The lowest BCUT2D eigenvalue weighted by molar-refractivity contribution is -0.136. The minimum atomic E-state index is -0.836. The van der Waals surface area contributed by atoms with Crippen LogP contribution in [0, 0.1) is 0 Å². The molecule has 0 aliphatic carbocycles. The Morgan fingerprint density at radius 3 is 2.85 bits per heavy atom. The Labute approximate surface area is 83.3 Å². The van der Waals surface area contributed by atoms with E-state index in [1.807, 2.05) is 0 Å². The summed E-state index contributed by atoms with van der Waals surface area (Å²) in [5.74, 6) is -0.262. The van der Waals surface area contributed by atoms with E-state index >= 15 is 0 Å². The van der Waals surface area contributed by atoms with Gasteiger partial charge in [0.2, 0.25) is 0 Å². The predicted molar refractivity (Wildman–Crippen MR) is 50.5 cm³/mol. The highest BCUT2D eigenvalue weighted by Crippen LogP contribution is 2.06. The van der Waals surface area contributed by atoms with Crippen molar-refractivity contribution in [1.82, 2.24) is 10.2 Å². The van der Waals surface area contributed by atoms with Crippen molar-refractivity contribution >= 4 is 27.7 Å². The fraction of sp³-hybridized carbons (Fsp3) is 0.286. The van der Waals surface area contributed by atoms with Gasteiger partial charge in [0.25, 0.3) is 0 Å². The molecule has 6 heteroatoms. The minimum absolute atomic E-state index is 0.0672. The number of nitrogens with one attached hydrogen (secondary N) is 1. The zero-order valence-corrected chi connectivity index (χ0v) is 8.28. The molecule has 0 radical (unpaired) electrons. The minimum Gasteiger partial charge on any atom is -0.481 e. The lowest BCUT2D eigenvalue weighted by atomic mass is 10.4. The van der Waals surface area contributed by atoms with Crippen LogP contribution in [0.1, 0.15) is 6.42 Å². The first-order chi connectivity index (χ1) is 6.18. The molecule has 0 amide bonds. The standard InChI is InChI=1S/C7H8BrN3O2/c8-5-1-2-6(11-10-5)9-4-3-7(12)13/h1-2H,3-4H2,(H,9,11)(H,12,13). The van der Waals surface area contributed by atoms with Gasteiger partial charge in [-0.2, -0.15) is 0 Å². The highest BCUT2D eigenvalue weighted by Gasteiger charge is 1.97. The van der Waals surface area contributed by atoms with Crippen molar-refractivity contribution in [3.63, 3.8) is 0 Å². The number of nitrogens with zero attached hydrogens (tertiary/aromatic N) is 2. The number of anilines is 1. The summed E-state index contributed by atoms with van der Waals surface area (Å²) in [7, 11) is 0. The number of hydrogen-bond acceptors (Lipinski definition) is 4. The third-order valence-corrected chi connectivity index (χ3v) is 1.70. The Bertz CT molecular complexity index is 288. The highest BCUT2D eigenvalue weighted by atomic mass is 79.9. The summed E-state index contributed by atoms with van der Waals surface area (Å²) in [5.41, 5.74) is 0. The summed E-state index contributed by atoms with van der Waals surface area (Å²) in [6, 6.07) is 3.45. The van der Waals surface area contributed by atoms with Crippen LogP contribution in [0.2, 0.25) is 0 Å². The van der Waals surface area contributed by atoms with Crippen LogP contribution in [0.4, 0.5) is 5.82 Å². The first-order valence-corrected chi connectivity index (χ1v) is 4.42. The number of rotatable bonds is 4. The number of hydrogen-bond donors (Lipinski definition) is 2. The van der Waals surface area contributed by atoms with E-state index in [9.17, 15) is 4.79 Å². The molecule has 13 heavy (non-hydrogen) atoms. The number of aliphatic carboxylic acids is 1. The topological polar surface area (TPSA) is 75.1 Å². The van der Waals surface area contributed by atoms with Gasteiger partial charge in [0, 0.05) is 6.54 Å². The lowest BCUT2D eigenvalue weighted by Crippen LogP contribution is -2.08. The maximum absolute atomic E-state index is 10.2. The van der Waals surface area contributed by atoms with E-state index in [1.54, 1.807) is 12.1 Å². The third kappa shape index (κ3) is 3.84. The number of halogens is 1. The first kappa shape index (κ1) is 9.91. The van der Waals surface area contributed by atoms with Crippen LogP contribution >= 0.6 is 15.9 Å². The Hall–Kier alpha value is -1.17. The van der Waals surface area contributed by atoms with Crippen molar-refractivity contribution in [2.45, 2.75) is 6.42 Å². The maximum atomic E-state index is 10.2. The van der Waals surface area contributed by atoms with Gasteiger partial charge in [0.05, 0.1) is 6.42 Å². The SMILES string of the molecule is O=C(O)CCNc1ccc(Br)nn1. The smallest absolute Gasteiger partial charge is 0.305 e. The van der Waals surface area contributed by atoms with Crippen molar-refractivity contribution in [2.24, 2.45) is 0 Å². The number of carboxylic acids is 1. The molecule has 70 valence electrons. The summed E-state index contributed by atoms with van der Waals surface area (Å²) in [4.78, 5) is 10.2. The molecule has 1 rings (SSSR count). The fourth-order valence-corrected chi connectivity index (χ4v) is 0.919. The zero-order chi connectivity index (χ0) is 9.68. The molecule has 0 atom stereocenters. The van der Waals surface area contributed by atoms with Crippen LogP contribution in [-0.2, 0) is 4.79 Å². The monoisotopic (exact) mass is 245 g/mol. The van der Waals surface area contributed by atoms with Crippen molar-refractivity contribution in [2.75, 3.05) is 11.9 Å². The maximum Gasteiger partial charge on any atom is 0.305 e. The molecule has 0 saturated carbocycles. The summed E-state index contributed by atoms with van der Waals surface area (Å²) in [6.07, 6.45) is 0.0672. The first-order valence-electron chi connectivity index (χ1n) is 3.63. The van der Waals surface area contributed by atoms with E-state index in [1.165, 1.54) is 0 Å². The molecule has 0 bridgehead atoms. The zero-order valence-electron chi connectivity index (χ0n) is 6.70. The van der Waals surface area contributed by atoms with E-state index in [4.69, 9.17) is 5.11 Å². The number of carbonyl (C=O) groups is 1. The largest absolute Gasteiger partial charge is 0.481 e. The van der Waals surface area contributed by atoms with E-state index in [2.05, 4.69) is 31.4 Å². The van der Waals surface area contributed by atoms with Crippen LogP contribution < -0.4 is 5.32 Å². The van der Waals surface area contributed by atoms with E-state index < -0.39 is 5.97 Å². The summed E-state index contributed by atoms with van der Waals surface area (Å²) in [6.45, 7) is 0.353. The molecule has 1 aromatic rings. The van der Waals surface area contributed by atoms with E-state index in [0.29, 0.717) is 17.0 Å². The average Bonchev–Trinajstić information content (AvgIpc) is 2.08. The molecule has 0 saturated heterocycles. The molecule has 0 unspecified atom stereocenters. The molecule has 1 heterocycles. The van der Waals surface area contributed by atoms with Gasteiger partial charge in [0.15, 0.2) is 0 Å². The molecule has 0 spiro atoms. The highest BCUT2D eigenvalue weighted by molar-refractivity contribution is 9.10. The van der Waals surface area contributed by atoms with Gasteiger partial charge in [-0.25, -0.2) is 0 Å². The molecule has 0 aliphatic heterocycles. The van der Waals surface area contributed by atoms with Gasteiger partial charge in [0.1, 0.15) is 10.4 Å². The molecule has 5 nitrogen and oxygen atoms in total. The second-order valence-corrected chi connectivity index (χ2v) is 3.12. The Kier molecular flexibility index (Phi) is 3.63. The van der Waals surface area contributed by atoms with Crippen LogP contribution in [0.5, 0.6) is 0 Å². The summed E-state index contributed by atoms with van der Waals surface area (Å²) in [5, 5.41) is 18.7. The molecule has 0 aromatic carbocycles. The lowest BCUT2D eigenvalue weighted by Gasteiger charge is -2.01. The second-order valence-electron chi connectivity index (χ2n) is 2.31.